The fraction of sp³-hybridized carbons (Fsp3) is 0.500. The summed E-state index contributed by atoms with van der Waals surface area (Å²) in [6.45, 7) is 1.08. The number of carbonyl (C=O) groups is 1. The van der Waals surface area contributed by atoms with Gasteiger partial charge >= 0.3 is 18.9 Å². The molecule has 0 aliphatic heterocycles. The first kappa shape index (κ1) is 16.0. The number of aliphatic carboxylic acids is 1. The number of hydrogen-bond acceptors (Lipinski definition) is 1. The molecular formula is C2H5CoLiO2. The van der Waals surface area contributed by atoms with Crippen molar-refractivity contribution >= 4 is 24.8 Å². The van der Waals surface area contributed by atoms with E-state index >= 15 is 0 Å². The number of carboxylic acids is 1. The molecule has 1 N–H and O–H groups in total. The average molecular weight is 127 g/mol. The van der Waals surface area contributed by atoms with Crippen LogP contribution in [0.1, 0.15) is 6.92 Å². The molecule has 6 heavy (non-hydrogen) atoms. The zero-order valence-corrected chi connectivity index (χ0v) is 3.73. The van der Waals surface area contributed by atoms with Crippen LogP contribution in [0, 0.1) is 0 Å². The molecule has 0 bridgehead atoms. The summed E-state index contributed by atoms with van der Waals surface area (Å²) < 4.78 is 0. The molecule has 1 radical (unpaired) electrons. The van der Waals surface area contributed by atoms with Crippen LogP contribution in [0.2, 0.25) is 0 Å². The molecule has 0 aromatic rings. The molecule has 0 rings (SSSR count). The topological polar surface area (TPSA) is 37.3 Å². The SMILES string of the molecule is CC(=O)O.[Co].[LiH]. The Labute approximate surface area is 58.7 Å². The van der Waals surface area contributed by atoms with Crippen molar-refractivity contribution in [2.75, 3.05) is 0 Å². The van der Waals surface area contributed by atoms with Gasteiger partial charge < -0.3 is 5.11 Å². The van der Waals surface area contributed by atoms with E-state index in [1.54, 1.807) is 0 Å². The van der Waals surface area contributed by atoms with Gasteiger partial charge in [-0.1, -0.05) is 0 Å². The minimum absolute atomic E-state index is 0. The summed E-state index contributed by atoms with van der Waals surface area (Å²) in [5, 5.41) is 7.42. The summed E-state index contributed by atoms with van der Waals surface area (Å²) in [7, 11) is 0. The van der Waals surface area contributed by atoms with Gasteiger partial charge in [0, 0.05) is 23.7 Å². The average Bonchev–Trinajstić information content (AvgIpc) is 0.811. The maximum atomic E-state index is 9.00. The zero-order valence-electron chi connectivity index (χ0n) is 2.69. The molecule has 0 amide bonds. The first-order valence-electron chi connectivity index (χ1n) is 0.928. The van der Waals surface area contributed by atoms with Crippen LogP contribution in [0.3, 0.4) is 0 Å². The Hall–Kier alpha value is 0.574. The van der Waals surface area contributed by atoms with Crippen LogP contribution in [0.15, 0.2) is 0 Å². The summed E-state index contributed by atoms with van der Waals surface area (Å²) in [6, 6.07) is 0. The van der Waals surface area contributed by atoms with Crippen molar-refractivity contribution in [1.82, 2.24) is 0 Å². The first-order chi connectivity index (χ1) is 1.73. The Morgan fingerprint density at radius 2 is 1.67 bits per heavy atom. The summed E-state index contributed by atoms with van der Waals surface area (Å²) in [4.78, 5) is 9.00. The van der Waals surface area contributed by atoms with Crippen LogP contribution < -0.4 is 0 Å². The Kier molecular flexibility index (Phi) is 24.3. The molecule has 0 aromatic heterocycles. The van der Waals surface area contributed by atoms with E-state index in [-0.39, 0.29) is 35.6 Å². The van der Waals surface area contributed by atoms with E-state index in [9.17, 15) is 0 Å². The van der Waals surface area contributed by atoms with Crippen molar-refractivity contribution in [3.8, 4) is 0 Å². The van der Waals surface area contributed by atoms with Gasteiger partial charge in [-0.3, -0.25) is 4.79 Å². The fourth-order valence-corrected chi connectivity index (χ4v) is 0. The van der Waals surface area contributed by atoms with E-state index in [0.717, 1.165) is 6.92 Å². The molecular weight excluding hydrogens is 122 g/mol. The molecule has 35 valence electrons. The molecule has 0 unspecified atom stereocenters. The van der Waals surface area contributed by atoms with Gasteiger partial charge in [-0.15, -0.1) is 0 Å². The van der Waals surface area contributed by atoms with Crippen molar-refractivity contribution in [1.29, 1.82) is 0 Å². The second-order valence-corrected chi connectivity index (χ2v) is 0.519. The third-order valence-electron chi connectivity index (χ3n) is 0. The van der Waals surface area contributed by atoms with Crippen LogP contribution in [-0.2, 0) is 21.6 Å². The van der Waals surface area contributed by atoms with Gasteiger partial charge in [0.15, 0.2) is 0 Å². The molecule has 0 saturated carbocycles. The monoisotopic (exact) mass is 127 g/mol. The quantitative estimate of drug-likeness (QED) is 0.443. The van der Waals surface area contributed by atoms with E-state index in [0.29, 0.717) is 0 Å². The summed E-state index contributed by atoms with van der Waals surface area (Å²) in [6.07, 6.45) is 0. The Balaban J connectivity index is -0.0000000450. The molecule has 0 aliphatic rings. The van der Waals surface area contributed by atoms with Gasteiger partial charge in [-0.05, 0) is 0 Å². The second kappa shape index (κ2) is 9.13. The van der Waals surface area contributed by atoms with Crippen LogP contribution in [0.4, 0.5) is 0 Å². The fourth-order valence-electron chi connectivity index (χ4n) is 0. The van der Waals surface area contributed by atoms with Crippen LogP contribution >= 0.6 is 0 Å². The standard InChI is InChI=1S/C2H4O2.Co.Li.H/c1-2(3)4;;;/h1H3,(H,3,4);;;. The number of rotatable bonds is 0. The maximum absolute atomic E-state index is 9.00. The molecule has 0 aromatic carbocycles. The van der Waals surface area contributed by atoms with Gasteiger partial charge in [0.1, 0.15) is 0 Å². The predicted octanol–water partition coefficient (Wildman–Crippen LogP) is -0.560. The van der Waals surface area contributed by atoms with Crippen molar-refractivity contribution < 1.29 is 26.7 Å². The first-order valence-corrected chi connectivity index (χ1v) is 0.928. The molecule has 2 nitrogen and oxygen atoms in total. The Morgan fingerprint density at radius 3 is 1.67 bits per heavy atom. The van der Waals surface area contributed by atoms with Crippen molar-refractivity contribution in [2.24, 2.45) is 0 Å². The van der Waals surface area contributed by atoms with Gasteiger partial charge in [-0.25, -0.2) is 0 Å². The zero-order chi connectivity index (χ0) is 3.58. The molecule has 4 heteroatoms. The van der Waals surface area contributed by atoms with E-state index in [1.807, 2.05) is 0 Å². The normalized spacial score (nSPS) is 4.17. The van der Waals surface area contributed by atoms with E-state index in [1.165, 1.54) is 0 Å². The van der Waals surface area contributed by atoms with Crippen molar-refractivity contribution in [3.05, 3.63) is 0 Å². The van der Waals surface area contributed by atoms with Crippen molar-refractivity contribution in [2.45, 2.75) is 6.92 Å². The molecule has 0 spiro atoms. The van der Waals surface area contributed by atoms with Crippen LogP contribution in [0.5, 0.6) is 0 Å². The van der Waals surface area contributed by atoms with Gasteiger partial charge in [-0.2, -0.15) is 0 Å². The Bertz CT molecular complexity index is 34.5. The number of carboxylic acid groups (broad SMARTS) is 1. The van der Waals surface area contributed by atoms with Crippen molar-refractivity contribution in [3.63, 3.8) is 0 Å². The van der Waals surface area contributed by atoms with Gasteiger partial charge in [0.05, 0.1) is 0 Å². The molecule has 0 aliphatic carbocycles. The summed E-state index contributed by atoms with van der Waals surface area (Å²) in [5.41, 5.74) is 0. The molecule has 0 atom stereocenters. The Morgan fingerprint density at radius 1 is 1.67 bits per heavy atom. The second-order valence-electron chi connectivity index (χ2n) is 0.519. The van der Waals surface area contributed by atoms with Crippen LogP contribution in [-0.4, -0.2) is 29.9 Å². The molecule has 0 heterocycles. The molecule has 0 saturated heterocycles. The van der Waals surface area contributed by atoms with E-state index < -0.39 is 5.97 Å². The predicted molar refractivity (Wildman–Crippen MR) is 20.5 cm³/mol. The molecule has 0 fully saturated rings. The van der Waals surface area contributed by atoms with E-state index in [2.05, 4.69) is 0 Å². The van der Waals surface area contributed by atoms with Crippen LogP contribution in [0.25, 0.3) is 0 Å². The third-order valence-corrected chi connectivity index (χ3v) is 0. The summed E-state index contributed by atoms with van der Waals surface area (Å²) in [5.74, 6) is -0.833. The third kappa shape index (κ3) is 177. The minimum atomic E-state index is -0.833. The van der Waals surface area contributed by atoms with E-state index in [4.69, 9.17) is 9.90 Å². The van der Waals surface area contributed by atoms with Gasteiger partial charge in [0.2, 0.25) is 0 Å². The summed E-state index contributed by atoms with van der Waals surface area (Å²) >= 11 is 0. The number of hydrogen-bond donors (Lipinski definition) is 1. The van der Waals surface area contributed by atoms with Gasteiger partial charge in [0.25, 0.3) is 5.97 Å².